The summed E-state index contributed by atoms with van der Waals surface area (Å²) in [5.41, 5.74) is 0. The van der Waals surface area contributed by atoms with Crippen molar-refractivity contribution in [3.63, 3.8) is 0 Å². The summed E-state index contributed by atoms with van der Waals surface area (Å²) in [7, 11) is 0. The van der Waals surface area contributed by atoms with Crippen LogP contribution < -0.4 is 5.32 Å². The van der Waals surface area contributed by atoms with Crippen LogP contribution in [0.4, 0.5) is 0 Å². The lowest BCUT2D eigenvalue weighted by molar-refractivity contribution is 0.0318. The zero-order valence-electron chi connectivity index (χ0n) is 9.89. The van der Waals surface area contributed by atoms with Crippen LogP contribution in [0.25, 0.3) is 0 Å². The third-order valence-corrected chi connectivity index (χ3v) is 2.86. The molecule has 1 unspecified atom stereocenters. The number of nitrogens with one attached hydrogen (secondary N) is 1. The number of carbonyl (C=O) groups excluding carboxylic acids is 1. The maximum atomic E-state index is 11.5. The Kier molecular flexibility index (Phi) is 4.63. The largest absolute Gasteiger partial charge is 0.440 e. The van der Waals surface area contributed by atoms with Crippen molar-refractivity contribution in [3.8, 4) is 0 Å². The molecule has 0 aliphatic heterocycles. The molecule has 1 atom stereocenters. The smallest absolute Gasteiger partial charge is 0.287 e. The van der Waals surface area contributed by atoms with Gasteiger partial charge >= 0.3 is 0 Å². The van der Waals surface area contributed by atoms with Gasteiger partial charge in [0.1, 0.15) is 0 Å². The van der Waals surface area contributed by atoms with E-state index >= 15 is 0 Å². The van der Waals surface area contributed by atoms with Crippen molar-refractivity contribution in [2.75, 3.05) is 19.8 Å². The van der Waals surface area contributed by atoms with Crippen molar-refractivity contribution in [2.45, 2.75) is 18.9 Å². The van der Waals surface area contributed by atoms with E-state index in [1.165, 1.54) is 25.0 Å². The van der Waals surface area contributed by atoms with Gasteiger partial charge in [-0.25, -0.2) is 0 Å². The van der Waals surface area contributed by atoms with Gasteiger partial charge in [0.05, 0.1) is 12.7 Å². The second-order valence-corrected chi connectivity index (χ2v) is 4.82. The normalized spacial score (nSPS) is 16.6. The summed E-state index contributed by atoms with van der Waals surface area (Å²) in [5, 5.41) is 12.3. The van der Waals surface area contributed by atoms with Crippen LogP contribution in [-0.4, -0.2) is 36.9 Å². The van der Waals surface area contributed by atoms with E-state index in [1.54, 1.807) is 0 Å². The Labute approximate surface area is 110 Å². The Morgan fingerprint density at radius 3 is 3.00 bits per heavy atom. The van der Waals surface area contributed by atoms with Crippen LogP contribution in [0.1, 0.15) is 23.4 Å². The minimum Gasteiger partial charge on any atom is -0.440 e. The second-order valence-electron chi connectivity index (χ2n) is 4.45. The molecule has 0 radical (unpaired) electrons. The Morgan fingerprint density at radius 1 is 1.61 bits per heavy atom. The average molecular weight is 274 g/mol. The molecule has 0 bridgehead atoms. The molecule has 6 heteroatoms. The number of carbonyl (C=O) groups is 1. The minimum atomic E-state index is -0.710. The van der Waals surface area contributed by atoms with Gasteiger partial charge in [-0.3, -0.25) is 4.79 Å². The number of amides is 1. The highest BCUT2D eigenvalue weighted by atomic mass is 35.5. The number of hydrogen-bond acceptors (Lipinski definition) is 4. The van der Waals surface area contributed by atoms with Gasteiger partial charge in [-0.2, -0.15) is 0 Å². The first-order chi connectivity index (χ1) is 8.65. The fraction of sp³-hybridized carbons (Fsp3) is 0.583. The Morgan fingerprint density at radius 2 is 2.39 bits per heavy atom. The van der Waals surface area contributed by atoms with Gasteiger partial charge in [0.15, 0.2) is 11.0 Å². The van der Waals surface area contributed by atoms with Crippen molar-refractivity contribution in [3.05, 3.63) is 23.1 Å². The molecule has 1 aliphatic carbocycles. The highest BCUT2D eigenvalue weighted by molar-refractivity contribution is 6.29. The first-order valence-electron chi connectivity index (χ1n) is 5.94. The summed E-state index contributed by atoms with van der Waals surface area (Å²) >= 11 is 5.56. The maximum absolute atomic E-state index is 11.5. The third-order valence-electron chi connectivity index (χ3n) is 2.66. The van der Waals surface area contributed by atoms with Crippen molar-refractivity contribution in [2.24, 2.45) is 5.92 Å². The third kappa shape index (κ3) is 4.33. The molecule has 2 N–H and O–H groups in total. The van der Waals surface area contributed by atoms with Crippen LogP contribution in [0, 0.1) is 5.92 Å². The molecule has 1 saturated carbocycles. The number of rotatable bonds is 7. The van der Waals surface area contributed by atoms with Gasteiger partial charge < -0.3 is 19.6 Å². The molecule has 0 saturated heterocycles. The van der Waals surface area contributed by atoms with Crippen LogP contribution in [0.5, 0.6) is 0 Å². The summed E-state index contributed by atoms with van der Waals surface area (Å²) in [6, 6.07) is 2.97. The van der Waals surface area contributed by atoms with E-state index in [4.69, 9.17) is 20.8 Å². The molecule has 1 aliphatic rings. The van der Waals surface area contributed by atoms with E-state index in [9.17, 15) is 9.90 Å². The van der Waals surface area contributed by atoms with E-state index in [2.05, 4.69) is 5.32 Å². The molecule has 1 fully saturated rings. The van der Waals surface area contributed by atoms with E-state index < -0.39 is 12.0 Å². The molecular weight excluding hydrogens is 258 g/mol. The second kappa shape index (κ2) is 6.22. The predicted octanol–water partition coefficient (Wildman–Crippen LogP) is 1.45. The Hall–Kier alpha value is -1.04. The molecule has 0 spiro atoms. The Balaban J connectivity index is 1.62. The van der Waals surface area contributed by atoms with Crippen LogP contribution in [0.15, 0.2) is 16.5 Å². The fourth-order valence-electron chi connectivity index (χ4n) is 1.45. The molecule has 0 aromatic carbocycles. The monoisotopic (exact) mass is 273 g/mol. The topological polar surface area (TPSA) is 71.7 Å². The summed E-state index contributed by atoms with van der Waals surface area (Å²) < 4.78 is 10.3. The van der Waals surface area contributed by atoms with Gasteiger partial charge in [0, 0.05) is 13.2 Å². The number of furan rings is 1. The van der Waals surface area contributed by atoms with E-state index in [-0.39, 0.29) is 24.1 Å². The van der Waals surface area contributed by atoms with Gasteiger partial charge in [-0.1, -0.05) is 0 Å². The highest BCUT2D eigenvalue weighted by Gasteiger charge is 2.21. The van der Waals surface area contributed by atoms with Crippen LogP contribution in [0.3, 0.4) is 0 Å². The summed E-state index contributed by atoms with van der Waals surface area (Å²) in [6.45, 7) is 1.05. The van der Waals surface area contributed by atoms with Crippen molar-refractivity contribution >= 4 is 17.5 Å². The number of hydrogen-bond donors (Lipinski definition) is 2. The van der Waals surface area contributed by atoms with Gasteiger partial charge in [-0.05, 0) is 42.5 Å². The van der Waals surface area contributed by atoms with E-state index in [0.29, 0.717) is 12.5 Å². The van der Waals surface area contributed by atoms with Gasteiger partial charge in [0.2, 0.25) is 0 Å². The lowest BCUT2D eigenvalue weighted by atomic mass is 10.3. The van der Waals surface area contributed by atoms with Crippen LogP contribution >= 0.6 is 11.6 Å². The summed E-state index contributed by atoms with van der Waals surface area (Å²) in [5.74, 6) is 0.395. The van der Waals surface area contributed by atoms with Crippen LogP contribution in [-0.2, 0) is 4.74 Å². The SMILES string of the molecule is O=C(NCC(O)COCC1CC1)c1ccc(Cl)o1. The standard InChI is InChI=1S/C12H16ClNO4/c13-11-4-3-10(18-11)12(16)14-5-9(15)7-17-6-8-1-2-8/h3-4,8-9,15H,1-2,5-7H2,(H,14,16). The van der Waals surface area contributed by atoms with Crippen molar-refractivity contribution in [1.82, 2.24) is 5.32 Å². The lowest BCUT2D eigenvalue weighted by Gasteiger charge is -2.11. The first-order valence-corrected chi connectivity index (χ1v) is 6.32. The number of halogens is 1. The fourth-order valence-corrected chi connectivity index (χ4v) is 1.59. The average Bonchev–Trinajstić information content (AvgIpc) is 3.06. The van der Waals surface area contributed by atoms with Crippen LogP contribution in [0.2, 0.25) is 5.22 Å². The highest BCUT2D eigenvalue weighted by Crippen LogP contribution is 2.28. The predicted molar refractivity (Wildman–Crippen MR) is 65.6 cm³/mol. The zero-order valence-corrected chi connectivity index (χ0v) is 10.7. The minimum absolute atomic E-state index is 0.127. The Bertz CT molecular complexity index is 403. The number of aliphatic hydroxyl groups is 1. The molecular formula is C12H16ClNO4. The number of ether oxygens (including phenoxy) is 1. The summed E-state index contributed by atoms with van der Waals surface area (Å²) in [6.07, 6.45) is 1.72. The van der Waals surface area contributed by atoms with Gasteiger partial charge in [0.25, 0.3) is 5.91 Å². The van der Waals surface area contributed by atoms with E-state index in [0.717, 1.165) is 0 Å². The van der Waals surface area contributed by atoms with Crippen molar-refractivity contribution in [1.29, 1.82) is 0 Å². The maximum Gasteiger partial charge on any atom is 0.287 e. The molecule has 1 aromatic rings. The number of aliphatic hydroxyl groups excluding tert-OH is 1. The quantitative estimate of drug-likeness (QED) is 0.789. The molecule has 5 nitrogen and oxygen atoms in total. The molecule has 1 aromatic heterocycles. The molecule has 1 heterocycles. The van der Waals surface area contributed by atoms with Crippen molar-refractivity contribution < 1.29 is 19.1 Å². The molecule has 2 rings (SSSR count). The molecule has 18 heavy (non-hydrogen) atoms. The van der Waals surface area contributed by atoms with E-state index in [1.807, 2.05) is 0 Å². The van der Waals surface area contributed by atoms with Gasteiger partial charge in [-0.15, -0.1) is 0 Å². The molecule has 100 valence electrons. The zero-order chi connectivity index (χ0) is 13.0. The molecule has 1 amide bonds. The summed E-state index contributed by atoms with van der Waals surface area (Å²) in [4.78, 5) is 11.5. The lowest BCUT2D eigenvalue weighted by Crippen LogP contribution is -2.34. The first kappa shape index (κ1) is 13.4.